The van der Waals surface area contributed by atoms with E-state index in [0.29, 0.717) is 24.2 Å². The fourth-order valence-corrected chi connectivity index (χ4v) is 6.84. The average Bonchev–Trinajstić information content (AvgIpc) is 3.36. The third kappa shape index (κ3) is 6.91. The molecule has 1 aliphatic heterocycles. The second-order valence-electron chi connectivity index (χ2n) is 17.4. The zero-order valence-corrected chi connectivity index (χ0v) is 31.4. The van der Waals surface area contributed by atoms with Crippen LogP contribution in [0, 0.1) is 5.92 Å². The molecule has 0 unspecified atom stereocenters. The molecule has 0 saturated carbocycles. The summed E-state index contributed by atoms with van der Waals surface area (Å²) in [5.74, 6) is 1.63. The van der Waals surface area contributed by atoms with Crippen LogP contribution in [0.4, 0.5) is 0 Å². The van der Waals surface area contributed by atoms with Gasteiger partial charge in [-0.2, -0.15) is 0 Å². The van der Waals surface area contributed by atoms with Gasteiger partial charge in [0.2, 0.25) is 5.90 Å². The molecule has 1 atom stereocenters. The molecular formula is C40H54NO4P. The monoisotopic (exact) mass is 643 g/mol. The fraction of sp³-hybridized carbons (Fsp3) is 0.525. The number of ether oxygens (including phenoxy) is 1. The number of rotatable bonds is 4. The predicted octanol–water partition coefficient (Wildman–Crippen LogP) is 12.1. The van der Waals surface area contributed by atoms with Crippen molar-refractivity contribution in [1.82, 2.24) is 0 Å². The highest BCUT2D eigenvalue weighted by Gasteiger charge is 2.30. The van der Waals surface area contributed by atoms with E-state index in [2.05, 4.69) is 121 Å². The van der Waals surface area contributed by atoms with E-state index >= 15 is 0 Å². The van der Waals surface area contributed by atoms with Gasteiger partial charge in [0.1, 0.15) is 23.5 Å². The maximum atomic E-state index is 6.98. The number of nitrogens with zero attached hydrogens (tertiary/aromatic N) is 1. The Hall–Kier alpha value is -3.17. The van der Waals surface area contributed by atoms with Crippen molar-refractivity contribution in [2.24, 2.45) is 10.9 Å². The normalized spacial score (nSPS) is 16.2. The third-order valence-electron chi connectivity index (χ3n) is 8.88. The van der Waals surface area contributed by atoms with Gasteiger partial charge in [0, 0.05) is 21.9 Å². The van der Waals surface area contributed by atoms with Crippen LogP contribution >= 0.6 is 8.24 Å². The largest absolute Gasteiger partial charge is 0.475 e. The van der Waals surface area contributed by atoms with Crippen molar-refractivity contribution in [3.63, 3.8) is 0 Å². The van der Waals surface area contributed by atoms with Crippen LogP contribution in [0.2, 0.25) is 0 Å². The summed E-state index contributed by atoms with van der Waals surface area (Å²) in [6.45, 7) is 32.0. The molecule has 4 aromatic rings. The Bertz CT molecular complexity index is 1740. The van der Waals surface area contributed by atoms with Crippen molar-refractivity contribution in [3.8, 4) is 5.75 Å². The quantitative estimate of drug-likeness (QED) is 0.222. The Kier molecular flexibility index (Phi) is 8.78. The first-order chi connectivity index (χ1) is 21.1. The predicted molar refractivity (Wildman–Crippen MR) is 195 cm³/mol. The Labute approximate surface area is 277 Å². The van der Waals surface area contributed by atoms with Crippen molar-refractivity contribution in [2.75, 3.05) is 6.61 Å². The second-order valence-corrected chi connectivity index (χ2v) is 18.3. The molecule has 0 fully saturated rings. The number of benzene rings is 3. The van der Waals surface area contributed by atoms with E-state index in [1.165, 1.54) is 11.1 Å². The molecule has 5 rings (SSSR count). The van der Waals surface area contributed by atoms with Crippen molar-refractivity contribution >= 4 is 36.1 Å². The molecule has 3 aromatic carbocycles. The lowest BCUT2D eigenvalue weighted by molar-refractivity contribution is 0.291. The van der Waals surface area contributed by atoms with Crippen LogP contribution in [-0.2, 0) is 26.4 Å². The molecule has 248 valence electrons. The maximum absolute atomic E-state index is 6.98. The highest BCUT2D eigenvalue weighted by atomic mass is 31.1. The lowest BCUT2D eigenvalue weighted by atomic mass is 9.77. The summed E-state index contributed by atoms with van der Waals surface area (Å²) in [5, 5.41) is 2.10. The van der Waals surface area contributed by atoms with Gasteiger partial charge in [0.25, 0.3) is 0 Å². The summed E-state index contributed by atoms with van der Waals surface area (Å²) in [7, 11) is -1.91. The van der Waals surface area contributed by atoms with Crippen LogP contribution in [0.3, 0.4) is 0 Å². The van der Waals surface area contributed by atoms with E-state index in [9.17, 15) is 0 Å². The lowest BCUT2D eigenvalue weighted by Crippen LogP contribution is -2.17. The van der Waals surface area contributed by atoms with Crippen molar-refractivity contribution in [2.45, 2.75) is 125 Å². The van der Waals surface area contributed by atoms with Gasteiger partial charge in [0.15, 0.2) is 0 Å². The molecule has 5 nitrogen and oxygen atoms in total. The van der Waals surface area contributed by atoms with E-state index < -0.39 is 8.24 Å². The average molecular weight is 644 g/mol. The van der Waals surface area contributed by atoms with Crippen molar-refractivity contribution < 1.29 is 17.7 Å². The van der Waals surface area contributed by atoms with Crippen molar-refractivity contribution in [3.05, 3.63) is 76.3 Å². The molecule has 0 spiro atoms. The summed E-state index contributed by atoms with van der Waals surface area (Å²) >= 11 is 0. The van der Waals surface area contributed by atoms with Crippen LogP contribution < -0.4 is 4.52 Å². The Morgan fingerprint density at radius 3 is 1.59 bits per heavy atom. The molecular weight excluding hydrogens is 589 g/mol. The molecule has 1 aromatic heterocycles. The molecule has 0 amide bonds. The molecule has 6 heteroatoms. The number of hydrogen-bond donors (Lipinski definition) is 0. The smallest absolute Gasteiger partial charge is 0.453 e. The Balaban J connectivity index is 1.91. The van der Waals surface area contributed by atoms with Crippen molar-refractivity contribution in [1.29, 1.82) is 0 Å². The molecule has 0 saturated heterocycles. The van der Waals surface area contributed by atoms with Gasteiger partial charge in [-0.1, -0.05) is 121 Å². The molecule has 1 aliphatic rings. The molecule has 46 heavy (non-hydrogen) atoms. The zero-order chi connectivity index (χ0) is 34.0. The second kappa shape index (κ2) is 11.8. The van der Waals surface area contributed by atoms with Crippen LogP contribution in [0.25, 0.3) is 21.9 Å². The minimum Gasteiger partial charge on any atom is -0.475 e. The minimum atomic E-state index is -1.91. The zero-order valence-electron chi connectivity index (χ0n) is 30.5. The highest BCUT2D eigenvalue weighted by Crippen LogP contribution is 2.46. The molecule has 0 bridgehead atoms. The molecule has 0 aliphatic carbocycles. The number of para-hydroxylation sites is 1. The number of hydrogen-bond acceptors (Lipinski definition) is 5. The van der Waals surface area contributed by atoms with E-state index in [1.54, 1.807) is 0 Å². The van der Waals surface area contributed by atoms with Crippen LogP contribution in [0.15, 0.2) is 61.9 Å². The summed E-state index contributed by atoms with van der Waals surface area (Å²) < 4.78 is 26.8. The minimum absolute atomic E-state index is 0.0626. The van der Waals surface area contributed by atoms with E-state index in [4.69, 9.17) is 22.6 Å². The van der Waals surface area contributed by atoms with Gasteiger partial charge in [-0.3, -0.25) is 0 Å². The lowest BCUT2D eigenvalue weighted by Gasteiger charge is -2.27. The Morgan fingerprint density at radius 2 is 1.17 bits per heavy atom. The van der Waals surface area contributed by atoms with Crippen LogP contribution in [0.5, 0.6) is 5.75 Å². The topological polar surface area (TPSA) is 57.1 Å². The first kappa shape index (κ1) is 34.2. The van der Waals surface area contributed by atoms with Crippen LogP contribution in [-0.4, -0.2) is 18.5 Å². The van der Waals surface area contributed by atoms with E-state index in [0.717, 1.165) is 38.6 Å². The van der Waals surface area contributed by atoms with Gasteiger partial charge in [0.05, 0.1) is 11.6 Å². The summed E-state index contributed by atoms with van der Waals surface area (Å²) in [6.07, 6.45) is 0. The van der Waals surface area contributed by atoms with Gasteiger partial charge in [-0.05, 0) is 63.0 Å². The molecule has 0 N–H and O–H groups in total. The standard InChI is InChI=1S/C40H54NO4P/c1-24(2)32-23-42-36(41-32)27-17-15-16-18-33(27)43-46-44-34-28(19-25(37(3,4)5)21-30(34)39(9,10)11)29-20-26(38(6,7)8)22-31(35(29)45-46)40(12,13)14/h15-22,24,32H,23H2,1-14H3/t32-/m1/s1. The molecule has 0 radical (unpaired) electrons. The number of fused-ring (bicyclic) bond motifs is 3. The third-order valence-corrected chi connectivity index (χ3v) is 9.89. The molecule has 2 heterocycles. The fourth-order valence-electron chi connectivity index (χ4n) is 5.72. The highest BCUT2D eigenvalue weighted by molar-refractivity contribution is 7.32. The Morgan fingerprint density at radius 1 is 0.696 bits per heavy atom. The summed E-state index contributed by atoms with van der Waals surface area (Å²) in [4.78, 5) is 4.90. The van der Waals surface area contributed by atoms with Gasteiger partial charge in [-0.25, -0.2) is 4.99 Å². The van der Waals surface area contributed by atoms with E-state index in [-0.39, 0.29) is 27.7 Å². The first-order valence-electron chi connectivity index (χ1n) is 16.7. The van der Waals surface area contributed by atoms with E-state index in [1.807, 2.05) is 24.3 Å². The maximum Gasteiger partial charge on any atom is 0.453 e. The van der Waals surface area contributed by atoms with Gasteiger partial charge >= 0.3 is 8.24 Å². The van der Waals surface area contributed by atoms with Gasteiger partial charge in [-0.15, -0.1) is 0 Å². The van der Waals surface area contributed by atoms with Crippen LogP contribution in [0.1, 0.15) is 125 Å². The first-order valence-corrected chi connectivity index (χ1v) is 17.8. The summed E-state index contributed by atoms with van der Waals surface area (Å²) in [5.41, 5.74) is 6.74. The van der Waals surface area contributed by atoms with Gasteiger partial charge < -0.3 is 17.7 Å². The summed E-state index contributed by atoms with van der Waals surface area (Å²) in [6, 6.07) is 17.3. The number of aliphatic imine (C=N–C) groups is 1. The SMILES string of the molecule is CC(C)[C@H]1COC(c2ccccc2Op2oc3c(C(C)(C)C)cc(C(C)(C)C)cc3c3cc(C(C)(C)C)cc(C(C)(C)C)c3o2)=N1.